The van der Waals surface area contributed by atoms with Gasteiger partial charge in [-0.3, -0.25) is 4.98 Å². The molecule has 5 aromatic carbocycles. The Kier molecular flexibility index (Phi) is 4.74. The molecule has 0 N–H and O–H groups in total. The Balaban J connectivity index is 1.39. The quantitative estimate of drug-likeness (QED) is 0.242. The van der Waals surface area contributed by atoms with E-state index < -0.39 is 0 Å². The van der Waals surface area contributed by atoms with Gasteiger partial charge >= 0.3 is 0 Å². The third-order valence-electron chi connectivity index (χ3n) is 7.76. The normalized spacial score (nSPS) is 11.7. The fourth-order valence-corrected chi connectivity index (χ4v) is 5.91. The van der Waals surface area contributed by atoms with E-state index in [9.17, 15) is 0 Å². The van der Waals surface area contributed by atoms with Crippen LogP contribution >= 0.6 is 0 Å². The van der Waals surface area contributed by atoms with Crippen LogP contribution in [0.4, 0.5) is 0 Å². The van der Waals surface area contributed by atoms with Crippen molar-refractivity contribution in [1.82, 2.24) is 9.55 Å². The largest absolute Gasteiger partial charge is 0.456 e. The number of para-hydroxylation sites is 1. The average molecular weight is 501 g/mol. The third-order valence-corrected chi connectivity index (χ3v) is 7.76. The van der Waals surface area contributed by atoms with E-state index in [1.807, 2.05) is 12.3 Å². The zero-order valence-corrected chi connectivity index (χ0v) is 21.4. The minimum absolute atomic E-state index is 0.892. The van der Waals surface area contributed by atoms with E-state index in [1.54, 1.807) is 0 Å². The highest BCUT2D eigenvalue weighted by Crippen LogP contribution is 2.39. The lowest BCUT2D eigenvalue weighted by Crippen LogP contribution is -1.95. The summed E-state index contributed by atoms with van der Waals surface area (Å²) in [7, 11) is 0. The number of rotatable bonds is 3. The topological polar surface area (TPSA) is 31.0 Å². The first-order valence-electron chi connectivity index (χ1n) is 13.2. The fourth-order valence-electron chi connectivity index (χ4n) is 5.91. The zero-order valence-electron chi connectivity index (χ0n) is 21.4. The van der Waals surface area contributed by atoms with Gasteiger partial charge in [0.05, 0.1) is 16.7 Å². The second-order valence-electron chi connectivity index (χ2n) is 10.1. The number of benzene rings is 5. The molecule has 0 aliphatic carbocycles. The molecule has 3 aromatic heterocycles. The minimum Gasteiger partial charge on any atom is -0.456 e. The second-order valence-corrected chi connectivity index (χ2v) is 10.1. The molecule has 0 fully saturated rings. The van der Waals surface area contributed by atoms with Crippen LogP contribution in [-0.4, -0.2) is 9.55 Å². The molecule has 0 radical (unpaired) electrons. The van der Waals surface area contributed by atoms with Gasteiger partial charge in [-0.25, -0.2) is 0 Å². The molecule has 0 unspecified atom stereocenters. The Morgan fingerprint density at radius 2 is 1.36 bits per heavy atom. The molecule has 39 heavy (non-hydrogen) atoms. The van der Waals surface area contributed by atoms with Crippen molar-refractivity contribution in [2.45, 2.75) is 6.92 Å². The summed E-state index contributed by atoms with van der Waals surface area (Å²) in [4.78, 5) is 4.67. The maximum atomic E-state index is 6.42. The Bertz CT molecular complexity index is 2180. The number of hydrogen-bond donors (Lipinski definition) is 0. The summed E-state index contributed by atoms with van der Waals surface area (Å²) >= 11 is 0. The Hall–Kier alpha value is -5.15. The molecule has 8 rings (SSSR count). The summed E-state index contributed by atoms with van der Waals surface area (Å²) in [6.07, 6.45) is 1.86. The molecule has 0 amide bonds. The molecule has 3 heteroatoms. The van der Waals surface area contributed by atoms with Gasteiger partial charge in [0.15, 0.2) is 0 Å². The smallest absolute Gasteiger partial charge is 0.137 e. The summed E-state index contributed by atoms with van der Waals surface area (Å²) in [6.45, 7) is 2.11. The van der Waals surface area contributed by atoms with E-state index in [0.717, 1.165) is 50.0 Å². The SMILES string of the molecule is Cc1cccnc1-c1cccc(-n2c3ccccc3c3cc4c(cc32)oc2ccc(-c3ccccc3)cc24)c1. The lowest BCUT2D eigenvalue weighted by atomic mass is 10.0. The van der Waals surface area contributed by atoms with Crippen molar-refractivity contribution in [1.29, 1.82) is 0 Å². The summed E-state index contributed by atoms with van der Waals surface area (Å²) in [5.74, 6) is 0. The van der Waals surface area contributed by atoms with Crippen LogP contribution in [0.5, 0.6) is 0 Å². The van der Waals surface area contributed by atoms with Crippen LogP contribution in [-0.2, 0) is 0 Å². The van der Waals surface area contributed by atoms with Gasteiger partial charge in [-0.1, -0.05) is 72.8 Å². The van der Waals surface area contributed by atoms with Crippen LogP contribution in [0.15, 0.2) is 132 Å². The van der Waals surface area contributed by atoms with Gasteiger partial charge in [0.25, 0.3) is 0 Å². The molecule has 0 spiro atoms. The molecule has 184 valence electrons. The Labute approximate surface area is 225 Å². The van der Waals surface area contributed by atoms with Gasteiger partial charge in [0.1, 0.15) is 11.2 Å². The lowest BCUT2D eigenvalue weighted by molar-refractivity contribution is 0.669. The molecule has 0 saturated heterocycles. The van der Waals surface area contributed by atoms with Crippen LogP contribution in [0.2, 0.25) is 0 Å². The summed E-state index contributed by atoms with van der Waals surface area (Å²) < 4.78 is 8.77. The summed E-state index contributed by atoms with van der Waals surface area (Å²) in [5.41, 5.74) is 10.9. The lowest BCUT2D eigenvalue weighted by Gasteiger charge is -2.11. The minimum atomic E-state index is 0.892. The van der Waals surface area contributed by atoms with Gasteiger partial charge in [-0.2, -0.15) is 0 Å². The van der Waals surface area contributed by atoms with Crippen molar-refractivity contribution >= 4 is 43.7 Å². The first-order valence-corrected chi connectivity index (χ1v) is 13.2. The summed E-state index contributed by atoms with van der Waals surface area (Å²) in [5, 5.41) is 4.71. The molecule has 8 aromatic rings. The predicted octanol–water partition coefficient (Wildman–Crippen LogP) is 9.72. The van der Waals surface area contributed by atoms with Crippen LogP contribution in [0.3, 0.4) is 0 Å². The highest BCUT2D eigenvalue weighted by atomic mass is 16.3. The first-order chi connectivity index (χ1) is 19.2. The Morgan fingerprint density at radius 3 is 2.26 bits per heavy atom. The molecule has 0 saturated carbocycles. The highest BCUT2D eigenvalue weighted by molar-refractivity contribution is 6.17. The number of fused-ring (bicyclic) bond motifs is 6. The third kappa shape index (κ3) is 3.40. The van der Waals surface area contributed by atoms with Crippen molar-refractivity contribution in [2.24, 2.45) is 0 Å². The van der Waals surface area contributed by atoms with Gasteiger partial charge in [0.2, 0.25) is 0 Å². The molecular formula is C36H24N2O. The Morgan fingerprint density at radius 1 is 0.538 bits per heavy atom. The monoisotopic (exact) mass is 500 g/mol. The average Bonchev–Trinajstić information content (AvgIpc) is 3.51. The summed E-state index contributed by atoms with van der Waals surface area (Å²) in [6, 6.07) is 42.9. The number of nitrogens with zero attached hydrogens (tertiary/aromatic N) is 2. The number of pyridine rings is 1. The number of aryl methyl sites for hydroxylation is 1. The van der Waals surface area contributed by atoms with Crippen molar-refractivity contribution in [2.75, 3.05) is 0 Å². The van der Waals surface area contributed by atoms with Gasteiger partial charge in [-0.05, 0) is 66.1 Å². The molecular weight excluding hydrogens is 476 g/mol. The van der Waals surface area contributed by atoms with Gasteiger partial charge in [-0.15, -0.1) is 0 Å². The van der Waals surface area contributed by atoms with E-state index in [-0.39, 0.29) is 0 Å². The van der Waals surface area contributed by atoms with Gasteiger partial charge in [0, 0.05) is 45.1 Å². The molecule has 3 nitrogen and oxygen atoms in total. The second kappa shape index (κ2) is 8.44. The van der Waals surface area contributed by atoms with Gasteiger partial charge < -0.3 is 8.98 Å². The van der Waals surface area contributed by atoms with E-state index >= 15 is 0 Å². The highest BCUT2D eigenvalue weighted by Gasteiger charge is 2.17. The number of furan rings is 1. The molecule has 0 aliphatic heterocycles. The van der Waals surface area contributed by atoms with Crippen LogP contribution in [0.1, 0.15) is 5.56 Å². The maximum Gasteiger partial charge on any atom is 0.137 e. The van der Waals surface area contributed by atoms with Crippen LogP contribution in [0, 0.1) is 6.92 Å². The van der Waals surface area contributed by atoms with E-state index in [1.165, 1.54) is 27.4 Å². The molecule has 0 aliphatic rings. The van der Waals surface area contributed by atoms with E-state index in [2.05, 4.69) is 132 Å². The van der Waals surface area contributed by atoms with E-state index in [4.69, 9.17) is 4.42 Å². The number of hydrogen-bond acceptors (Lipinski definition) is 2. The maximum absolute atomic E-state index is 6.42. The molecule has 3 heterocycles. The fraction of sp³-hybridized carbons (Fsp3) is 0.0278. The number of aromatic nitrogens is 2. The van der Waals surface area contributed by atoms with E-state index in [0.29, 0.717) is 0 Å². The van der Waals surface area contributed by atoms with Crippen molar-refractivity contribution < 1.29 is 4.42 Å². The first kappa shape index (κ1) is 21.9. The standard InChI is InChI=1S/C36H24N2O/c1-23-9-8-18-37-36(23)26-12-7-13-27(19-26)38-32-15-6-5-14-28(32)29-21-31-30-20-25(24-10-3-2-4-11-24)16-17-34(30)39-35(31)22-33(29)38/h2-22H,1H3. The van der Waals surface area contributed by atoms with Crippen molar-refractivity contribution in [3.8, 4) is 28.1 Å². The predicted molar refractivity (Wildman–Crippen MR) is 161 cm³/mol. The van der Waals surface area contributed by atoms with Crippen molar-refractivity contribution in [3.63, 3.8) is 0 Å². The van der Waals surface area contributed by atoms with Crippen LogP contribution in [0.25, 0.3) is 71.8 Å². The zero-order chi connectivity index (χ0) is 25.9. The molecule has 0 bridgehead atoms. The van der Waals surface area contributed by atoms with Crippen molar-refractivity contribution in [3.05, 3.63) is 133 Å². The van der Waals surface area contributed by atoms with Crippen LogP contribution < -0.4 is 0 Å². The molecule has 0 atom stereocenters.